The van der Waals surface area contributed by atoms with Gasteiger partial charge >= 0.3 is 5.97 Å². The molecule has 1 aromatic carbocycles. The van der Waals surface area contributed by atoms with Gasteiger partial charge in [0, 0.05) is 52.3 Å². The molecule has 4 heterocycles. The van der Waals surface area contributed by atoms with Crippen LogP contribution in [0.1, 0.15) is 97.5 Å². The lowest BCUT2D eigenvalue weighted by Gasteiger charge is -2.51. The zero-order valence-electron chi connectivity index (χ0n) is 27.3. The summed E-state index contributed by atoms with van der Waals surface area (Å²) in [6.45, 7) is 3.79. The van der Waals surface area contributed by atoms with Gasteiger partial charge in [0.05, 0.1) is 22.3 Å². The van der Waals surface area contributed by atoms with Gasteiger partial charge in [0.25, 0.3) is 0 Å². The van der Waals surface area contributed by atoms with Crippen molar-refractivity contribution >= 4 is 39.9 Å². The molecule has 5 aliphatic rings. The van der Waals surface area contributed by atoms with E-state index in [-0.39, 0.29) is 16.7 Å². The third-order valence-electron chi connectivity index (χ3n) is 10.9. The van der Waals surface area contributed by atoms with E-state index < -0.39 is 5.97 Å². The normalized spacial score (nSPS) is 23.5. The van der Waals surface area contributed by atoms with Crippen LogP contribution in [-0.2, 0) is 11.3 Å². The van der Waals surface area contributed by atoms with Gasteiger partial charge in [-0.25, -0.2) is 9.78 Å². The molecule has 0 unspecified atom stereocenters. The molecule has 3 aromatic heterocycles. The monoisotopic (exact) mass is 700 g/mol. The van der Waals surface area contributed by atoms with Crippen LogP contribution in [0.5, 0.6) is 5.88 Å². The molecule has 9 nitrogen and oxygen atoms in total. The number of pyridine rings is 2. The van der Waals surface area contributed by atoms with Gasteiger partial charge in [0.1, 0.15) is 18.1 Å². The summed E-state index contributed by atoms with van der Waals surface area (Å²) in [5.74, 6) is 7.66. The van der Waals surface area contributed by atoms with Crippen molar-refractivity contribution in [2.45, 2.75) is 82.3 Å². The van der Waals surface area contributed by atoms with Crippen molar-refractivity contribution in [2.24, 2.45) is 5.41 Å². The number of hydrogen-bond donors (Lipinski definition) is 1. The van der Waals surface area contributed by atoms with Gasteiger partial charge in [-0.3, -0.25) is 9.88 Å². The van der Waals surface area contributed by atoms with Crippen LogP contribution in [0.25, 0.3) is 22.0 Å². The lowest BCUT2D eigenvalue weighted by atomic mass is 9.59. The van der Waals surface area contributed by atoms with Crippen LogP contribution >= 0.6 is 23.2 Å². The number of aromatic carboxylic acids is 1. The zero-order valence-corrected chi connectivity index (χ0v) is 28.8. The van der Waals surface area contributed by atoms with Crippen molar-refractivity contribution in [2.75, 3.05) is 26.2 Å². The lowest BCUT2D eigenvalue weighted by molar-refractivity contribution is -0.131. The van der Waals surface area contributed by atoms with Crippen LogP contribution < -0.4 is 4.74 Å². The van der Waals surface area contributed by atoms with Crippen LogP contribution in [-0.4, -0.2) is 62.9 Å². The topological polar surface area (TPSA) is 111 Å². The number of aromatic nitrogens is 3. The number of carboxylic acids is 1. The summed E-state index contributed by atoms with van der Waals surface area (Å²) in [6, 6.07) is 7.45. The highest BCUT2D eigenvalue weighted by molar-refractivity contribution is 6.38. The summed E-state index contributed by atoms with van der Waals surface area (Å²) >= 11 is 13.0. The van der Waals surface area contributed by atoms with E-state index in [1.807, 2.05) is 18.2 Å². The van der Waals surface area contributed by atoms with Gasteiger partial charge in [-0.05, 0) is 101 Å². The van der Waals surface area contributed by atoms with Crippen LogP contribution in [0.15, 0.2) is 41.2 Å². The maximum atomic E-state index is 11.8. The molecule has 1 N–H and O–H groups in total. The van der Waals surface area contributed by atoms with E-state index in [1.165, 1.54) is 12.8 Å². The quantitative estimate of drug-likeness (QED) is 0.163. The standard InChI is InChI=1S/C38H38Cl2N4O5/c39-29-21-41-22-30(40)32(29)33-28(34(49-43-33)25-5-6-25)23-48-38-12-9-37(10-13-38,11-14-38)8-7-24-3-4-26-20-31(36(45)46)42-35(27(26)19-24)47-18-17-44-15-1-2-16-44/h3-4,19-22,25H,1-2,5-6,9-18,23H2,(H,45,46). The first-order valence-electron chi connectivity index (χ1n) is 17.3. The van der Waals surface area contributed by atoms with Gasteiger partial charge in [-0.1, -0.05) is 46.3 Å². The highest BCUT2D eigenvalue weighted by atomic mass is 35.5. The summed E-state index contributed by atoms with van der Waals surface area (Å²) in [4.78, 5) is 22.6. The average Bonchev–Trinajstić information content (AvgIpc) is 3.66. The van der Waals surface area contributed by atoms with Gasteiger partial charge in [0.15, 0.2) is 5.69 Å². The lowest BCUT2D eigenvalue weighted by Crippen LogP contribution is -2.47. The van der Waals surface area contributed by atoms with Crippen molar-refractivity contribution in [3.63, 3.8) is 0 Å². The zero-order chi connectivity index (χ0) is 33.6. The van der Waals surface area contributed by atoms with Crippen molar-refractivity contribution in [1.82, 2.24) is 20.0 Å². The predicted octanol–water partition coefficient (Wildman–Crippen LogP) is 8.30. The first-order chi connectivity index (χ1) is 23.8. The van der Waals surface area contributed by atoms with E-state index in [0.717, 1.165) is 98.7 Å². The molecule has 0 amide bonds. The minimum absolute atomic E-state index is 0.0227. The second-order valence-electron chi connectivity index (χ2n) is 14.1. The molecular formula is C38H38Cl2N4O5. The molecule has 4 saturated carbocycles. The predicted molar refractivity (Wildman–Crippen MR) is 186 cm³/mol. The SMILES string of the molecule is O=C(O)c1cc2ccc(C#CC34CCC(OCc5c(-c6c(Cl)cncc6Cl)noc5C5CC5)(CC3)CC4)cc2c(OCCN2CCCC2)n1. The van der Waals surface area contributed by atoms with E-state index in [0.29, 0.717) is 46.3 Å². The first-order valence-corrected chi connectivity index (χ1v) is 18.0. The molecule has 4 aromatic rings. The molecule has 1 aliphatic heterocycles. The number of likely N-dealkylation sites (tertiary alicyclic amines) is 1. The van der Waals surface area contributed by atoms with Gasteiger partial charge < -0.3 is 19.1 Å². The van der Waals surface area contributed by atoms with Gasteiger partial charge in [-0.2, -0.15) is 0 Å². The van der Waals surface area contributed by atoms with Crippen LogP contribution in [0.3, 0.4) is 0 Å². The molecular weight excluding hydrogens is 663 g/mol. The maximum absolute atomic E-state index is 11.8. The molecule has 4 aliphatic carbocycles. The molecule has 2 bridgehead atoms. The summed E-state index contributed by atoms with van der Waals surface area (Å²) in [5.41, 5.74) is 2.81. The van der Waals surface area contributed by atoms with E-state index in [1.54, 1.807) is 18.5 Å². The number of hydrogen-bond acceptors (Lipinski definition) is 8. The summed E-state index contributed by atoms with van der Waals surface area (Å²) in [5, 5.41) is 16.5. The molecule has 0 atom stereocenters. The number of nitrogens with zero attached hydrogens (tertiary/aromatic N) is 4. The number of ether oxygens (including phenoxy) is 2. The van der Waals surface area contributed by atoms with Crippen LogP contribution in [0.4, 0.5) is 0 Å². The largest absolute Gasteiger partial charge is 0.477 e. The Morgan fingerprint density at radius 3 is 2.47 bits per heavy atom. The minimum Gasteiger partial charge on any atom is -0.477 e. The third-order valence-corrected chi connectivity index (χ3v) is 11.5. The molecule has 1 saturated heterocycles. The Bertz CT molecular complexity index is 1930. The van der Waals surface area contributed by atoms with Crippen LogP contribution in [0, 0.1) is 17.3 Å². The van der Waals surface area contributed by atoms with E-state index in [2.05, 4.69) is 31.9 Å². The maximum Gasteiger partial charge on any atom is 0.354 e. The first kappa shape index (κ1) is 32.5. The Morgan fingerprint density at radius 2 is 1.78 bits per heavy atom. The Labute approximate surface area is 295 Å². The number of rotatable bonds is 10. The molecule has 5 fully saturated rings. The van der Waals surface area contributed by atoms with Gasteiger partial charge in [-0.15, -0.1) is 0 Å². The molecule has 9 rings (SSSR count). The van der Waals surface area contributed by atoms with E-state index in [9.17, 15) is 9.90 Å². The molecule has 0 radical (unpaired) electrons. The fourth-order valence-corrected chi connectivity index (χ4v) is 8.28. The Balaban J connectivity index is 0.970. The molecule has 49 heavy (non-hydrogen) atoms. The second-order valence-corrected chi connectivity index (χ2v) is 14.9. The molecule has 11 heteroatoms. The van der Waals surface area contributed by atoms with Crippen molar-refractivity contribution in [3.8, 4) is 29.0 Å². The number of fused-ring (bicyclic) bond motifs is 4. The van der Waals surface area contributed by atoms with Crippen LogP contribution in [0.2, 0.25) is 10.0 Å². The molecule has 254 valence electrons. The van der Waals surface area contributed by atoms with Crippen molar-refractivity contribution < 1.29 is 23.9 Å². The highest BCUT2D eigenvalue weighted by Crippen LogP contribution is 2.54. The number of carboxylic acid groups (broad SMARTS) is 1. The van der Waals surface area contributed by atoms with E-state index >= 15 is 0 Å². The summed E-state index contributed by atoms with van der Waals surface area (Å²) < 4.78 is 18.8. The fourth-order valence-electron chi connectivity index (χ4n) is 7.74. The fraction of sp³-hybridized carbons (Fsp3) is 0.474. The molecule has 0 spiro atoms. The Morgan fingerprint density at radius 1 is 1.04 bits per heavy atom. The average molecular weight is 702 g/mol. The Hall–Kier alpha value is -3.68. The third kappa shape index (κ3) is 6.64. The number of benzene rings is 1. The Kier molecular flexibility index (Phi) is 8.77. The summed E-state index contributed by atoms with van der Waals surface area (Å²) in [6.07, 6.45) is 13.4. The van der Waals surface area contributed by atoms with Crippen molar-refractivity contribution in [1.29, 1.82) is 0 Å². The highest BCUT2D eigenvalue weighted by Gasteiger charge is 2.49. The minimum atomic E-state index is -1.07. The van der Waals surface area contributed by atoms with E-state index in [4.69, 9.17) is 37.2 Å². The summed E-state index contributed by atoms with van der Waals surface area (Å²) in [7, 11) is 0. The van der Waals surface area contributed by atoms with Crippen molar-refractivity contribution in [3.05, 3.63) is 69.3 Å². The number of carbonyl (C=O) groups is 1. The number of halogens is 2. The van der Waals surface area contributed by atoms with Gasteiger partial charge in [0.2, 0.25) is 5.88 Å². The second kappa shape index (κ2) is 13.2. The smallest absolute Gasteiger partial charge is 0.354 e.